The monoisotopic (exact) mass is 275 g/mol. The lowest BCUT2D eigenvalue weighted by Gasteiger charge is -2.09. The number of anilines is 1. The van der Waals surface area contributed by atoms with Gasteiger partial charge in [0.25, 0.3) is 5.91 Å². The first-order valence-corrected chi connectivity index (χ1v) is 7.15. The molecule has 2 rings (SSSR count). The molecule has 0 saturated heterocycles. The predicted octanol–water partition coefficient (Wildman–Crippen LogP) is 2.50. The van der Waals surface area contributed by atoms with Crippen LogP contribution in [-0.2, 0) is 0 Å². The van der Waals surface area contributed by atoms with E-state index in [2.05, 4.69) is 22.9 Å². The standard InChI is InChI=1S/C15H21N3O2/c1-2-3-9-16-15(20)18-13-6-4-5-11(10-13)14(19)17-12-7-8-12/h4-6,10,12H,2-3,7-9H2,1H3,(H,17,19)(H2,16,18,20). The maximum atomic E-state index is 11.9. The Labute approximate surface area is 119 Å². The molecule has 0 bridgehead atoms. The Morgan fingerprint density at radius 2 is 2.10 bits per heavy atom. The molecule has 0 unspecified atom stereocenters. The van der Waals surface area contributed by atoms with Crippen LogP contribution in [0.15, 0.2) is 24.3 Å². The smallest absolute Gasteiger partial charge is 0.319 e. The second-order valence-corrected chi connectivity index (χ2v) is 5.06. The highest BCUT2D eigenvalue weighted by Crippen LogP contribution is 2.20. The highest BCUT2D eigenvalue weighted by atomic mass is 16.2. The molecule has 5 heteroatoms. The maximum absolute atomic E-state index is 11.9. The van der Waals surface area contributed by atoms with Crippen LogP contribution >= 0.6 is 0 Å². The Bertz CT molecular complexity index is 484. The molecule has 0 radical (unpaired) electrons. The van der Waals surface area contributed by atoms with Crippen LogP contribution in [0.1, 0.15) is 43.0 Å². The summed E-state index contributed by atoms with van der Waals surface area (Å²) in [5.74, 6) is -0.0810. The van der Waals surface area contributed by atoms with Gasteiger partial charge in [0.1, 0.15) is 0 Å². The predicted molar refractivity (Wildman–Crippen MR) is 78.9 cm³/mol. The summed E-state index contributed by atoms with van der Waals surface area (Å²) in [6.07, 6.45) is 4.11. The first kappa shape index (κ1) is 14.4. The van der Waals surface area contributed by atoms with Crippen molar-refractivity contribution in [2.75, 3.05) is 11.9 Å². The molecule has 0 aliphatic heterocycles. The van der Waals surface area contributed by atoms with Crippen LogP contribution < -0.4 is 16.0 Å². The fourth-order valence-electron chi connectivity index (χ4n) is 1.79. The summed E-state index contributed by atoms with van der Waals surface area (Å²) in [7, 11) is 0. The van der Waals surface area contributed by atoms with Gasteiger partial charge in [-0.3, -0.25) is 4.79 Å². The van der Waals surface area contributed by atoms with Crippen molar-refractivity contribution in [2.24, 2.45) is 0 Å². The van der Waals surface area contributed by atoms with Crippen LogP contribution in [0.2, 0.25) is 0 Å². The normalized spacial score (nSPS) is 13.7. The van der Waals surface area contributed by atoms with E-state index in [1.807, 2.05) is 0 Å². The molecule has 1 saturated carbocycles. The van der Waals surface area contributed by atoms with Gasteiger partial charge in [-0.15, -0.1) is 0 Å². The minimum atomic E-state index is -0.238. The average molecular weight is 275 g/mol. The molecule has 1 aromatic rings. The summed E-state index contributed by atoms with van der Waals surface area (Å²) in [5, 5.41) is 8.43. The third-order valence-electron chi connectivity index (χ3n) is 3.11. The molecule has 1 fully saturated rings. The fourth-order valence-corrected chi connectivity index (χ4v) is 1.79. The second kappa shape index (κ2) is 6.93. The number of hydrogen-bond acceptors (Lipinski definition) is 2. The first-order chi connectivity index (χ1) is 9.69. The highest BCUT2D eigenvalue weighted by molar-refractivity contribution is 5.97. The van der Waals surface area contributed by atoms with Crippen molar-refractivity contribution in [3.8, 4) is 0 Å². The van der Waals surface area contributed by atoms with Gasteiger partial charge in [-0.05, 0) is 37.5 Å². The van der Waals surface area contributed by atoms with Crippen LogP contribution in [0.25, 0.3) is 0 Å². The summed E-state index contributed by atoms with van der Waals surface area (Å²) >= 11 is 0. The van der Waals surface area contributed by atoms with Gasteiger partial charge in [0, 0.05) is 23.8 Å². The molecule has 1 aliphatic carbocycles. The number of benzene rings is 1. The van der Waals surface area contributed by atoms with E-state index < -0.39 is 0 Å². The van der Waals surface area contributed by atoms with E-state index in [-0.39, 0.29) is 11.9 Å². The van der Waals surface area contributed by atoms with E-state index in [4.69, 9.17) is 0 Å². The van der Waals surface area contributed by atoms with Crippen LogP contribution in [0, 0.1) is 0 Å². The summed E-state index contributed by atoms with van der Waals surface area (Å²) in [5.41, 5.74) is 1.20. The van der Waals surface area contributed by atoms with Gasteiger partial charge in [0.05, 0.1) is 0 Å². The zero-order chi connectivity index (χ0) is 14.4. The number of carbonyl (C=O) groups excluding carboxylic acids is 2. The van der Waals surface area contributed by atoms with Crippen LogP contribution in [0.3, 0.4) is 0 Å². The molecule has 3 amide bonds. The lowest BCUT2D eigenvalue weighted by molar-refractivity contribution is 0.0951. The van der Waals surface area contributed by atoms with Crippen LogP contribution in [-0.4, -0.2) is 24.5 Å². The van der Waals surface area contributed by atoms with E-state index in [9.17, 15) is 9.59 Å². The van der Waals surface area contributed by atoms with Crippen LogP contribution in [0.4, 0.5) is 10.5 Å². The molecule has 0 aromatic heterocycles. The van der Waals surface area contributed by atoms with Gasteiger partial charge in [0.2, 0.25) is 0 Å². The Kier molecular flexibility index (Phi) is 4.98. The van der Waals surface area contributed by atoms with Crippen molar-refractivity contribution in [2.45, 2.75) is 38.6 Å². The third kappa shape index (κ3) is 4.57. The number of amides is 3. The van der Waals surface area contributed by atoms with Gasteiger partial charge < -0.3 is 16.0 Å². The number of hydrogen-bond donors (Lipinski definition) is 3. The van der Waals surface area contributed by atoms with Crippen molar-refractivity contribution in [3.05, 3.63) is 29.8 Å². The Morgan fingerprint density at radius 3 is 2.80 bits per heavy atom. The minimum absolute atomic E-state index is 0.0810. The number of urea groups is 1. The number of unbranched alkanes of at least 4 members (excludes halogenated alkanes) is 1. The molecule has 20 heavy (non-hydrogen) atoms. The van der Waals surface area contributed by atoms with Gasteiger partial charge in [-0.25, -0.2) is 4.79 Å². The van der Waals surface area contributed by atoms with Crippen molar-refractivity contribution >= 4 is 17.6 Å². The topological polar surface area (TPSA) is 70.2 Å². The zero-order valence-electron chi connectivity index (χ0n) is 11.7. The molecule has 0 atom stereocenters. The summed E-state index contributed by atoms with van der Waals surface area (Å²) in [4.78, 5) is 23.5. The van der Waals surface area contributed by atoms with Crippen molar-refractivity contribution in [3.63, 3.8) is 0 Å². The lowest BCUT2D eigenvalue weighted by atomic mass is 10.2. The van der Waals surface area contributed by atoms with E-state index in [1.54, 1.807) is 24.3 Å². The van der Waals surface area contributed by atoms with Gasteiger partial charge in [-0.1, -0.05) is 19.4 Å². The Hall–Kier alpha value is -2.04. The third-order valence-corrected chi connectivity index (χ3v) is 3.11. The average Bonchev–Trinajstić information content (AvgIpc) is 3.23. The largest absolute Gasteiger partial charge is 0.349 e. The Balaban J connectivity index is 1.88. The first-order valence-electron chi connectivity index (χ1n) is 7.15. The summed E-state index contributed by atoms with van der Waals surface area (Å²) < 4.78 is 0. The molecule has 0 heterocycles. The molecule has 3 N–H and O–H groups in total. The molecule has 5 nitrogen and oxygen atoms in total. The lowest BCUT2D eigenvalue weighted by Crippen LogP contribution is -2.29. The molecular formula is C15H21N3O2. The SMILES string of the molecule is CCCCNC(=O)Nc1cccc(C(=O)NC2CC2)c1. The number of nitrogens with one attached hydrogen (secondary N) is 3. The molecule has 1 aromatic carbocycles. The van der Waals surface area contributed by atoms with Gasteiger partial charge in [0.15, 0.2) is 0 Å². The van der Waals surface area contributed by atoms with Crippen molar-refractivity contribution < 1.29 is 9.59 Å². The van der Waals surface area contributed by atoms with Crippen molar-refractivity contribution in [1.82, 2.24) is 10.6 Å². The van der Waals surface area contributed by atoms with E-state index in [0.717, 1.165) is 25.7 Å². The van der Waals surface area contributed by atoms with Crippen molar-refractivity contribution in [1.29, 1.82) is 0 Å². The molecule has 0 spiro atoms. The molecule has 1 aliphatic rings. The van der Waals surface area contributed by atoms with E-state index in [0.29, 0.717) is 23.8 Å². The number of rotatable bonds is 6. The summed E-state index contributed by atoms with van der Waals surface area (Å²) in [6.45, 7) is 2.73. The number of carbonyl (C=O) groups is 2. The van der Waals surface area contributed by atoms with E-state index >= 15 is 0 Å². The highest BCUT2D eigenvalue weighted by Gasteiger charge is 2.23. The maximum Gasteiger partial charge on any atom is 0.319 e. The van der Waals surface area contributed by atoms with E-state index in [1.165, 1.54) is 0 Å². The summed E-state index contributed by atoms with van der Waals surface area (Å²) in [6, 6.07) is 7.07. The second-order valence-electron chi connectivity index (χ2n) is 5.06. The van der Waals surface area contributed by atoms with Crippen LogP contribution in [0.5, 0.6) is 0 Å². The quantitative estimate of drug-likeness (QED) is 0.698. The zero-order valence-corrected chi connectivity index (χ0v) is 11.7. The van der Waals surface area contributed by atoms with Gasteiger partial charge >= 0.3 is 6.03 Å². The fraction of sp³-hybridized carbons (Fsp3) is 0.467. The minimum Gasteiger partial charge on any atom is -0.349 e. The molecular weight excluding hydrogens is 254 g/mol. The molecule has 108 valence electrons. The van der Waals surface area contributed by atoms with Gasteiger partial charge in [-0.2, -0.15) is 0 Å². The Morgan fingerprint density at radius 1 is 1.30 bits per heavy atom.